The van der Waals surface area contributed by atoms with Gasteiger partial charge in [-0.15, -0.1) is 0 Å². The Morgan fingerprint density at radius 1 is 1.31 bits per heavy atom. The number of imide groups is 1. The summed E-state index contributed by atoms with van der Waals surface area (Å²) in [7, 11) is 0. The van der Waals surface area contributed by atoms with Crippen molar-refractivity contribution in [2.24, 2.45) is 0 Å². The molecule has 1 saturated heterocycles. The van der Waals surface area contributed by atoms with Gasteiger partial charge in [-0.1, -0.05) is 42.6 Å². The van der Waals surface area contributed by atoms with E-state index in [1.54, 1.807) is 6.07 Å². The molecule has 26 heavy (non-hydrogen) atoms. The SMILES string of the molecule is C[C@H](NC(=O)CCCN1C(=O)NC2(CCCC2)C1=O)c1ccccc1Cl. The van der Waals surface area contributed by atoms with E-state index in [0.29, 0.717) is 24.3 Å². The van der Waals surface area contributed by atoms with Crippen LogP contribution in [0.4, 0.5) is 4.79 Å². The van der Waals surface area contributed by atoms with E-state index < -0.39 is 5.54 Å². The van der Waals surface area contributed by atoms with Crippen LogP contribution in [0.3, 0.4) is 0 Å². The van der Waals surface area contributed by atoms with Gasteiger partial charge in [0, 0.05) is 18.0 Å². The lowest BCUT2D eigenvalue weighted by atomic mass is 9.98. The zero-order valence-corrected chi connectivity index (χ0v) is 15.6. The highest BCUT2D eigenvalue weighted by atomic mass is 35.5. The molecule has 0 bridgehead atoms. The molecular formula is C19H24ClN3O3. The Morgan fingerprint density at radius 3 is 2.69 bits per heavy atom. The van der Waals surface area contributed by atoms with E-state index in [4.69, 9.17) is 11.6 Å². The summed E-state index contributed by atoms with van der Waals surface area (Å²) in [5, 5.41) is 6.37. The van der Waals surface area contributed by atoms with Gasteiger partial charge >= 0.3 is 6.03 Å². The van der Waals surface area contributed by atoms with Crippen LogP contribution in [-0.2, 0) is 9.59 Å². The van der Waals surface area contributed by atoms with Crippen LogP contribution in [0.1, 0.15) is 57.1 Å². The summed E-state index contributed by atoms with van der Waals surface area (Å²) in [6, 6.07) is 6.85. The molecule has 1 atom stereocenters. The predicted molar refractivity (Wildman–Crippen MR) is 98.7 cm³/mol. The largest absolute Gasteiger partial charge is 0.350 e. The number of benzene rings is 1. The van der Waals surface area contributed by atoms with Crippen molar-refractivity contribution in [3.63, 3.8) is 0 Å². The van der Waals surface area contributed by atoms with E-state index in [9.17, 15) is 14.4 Å². The first kappa shape index (κ1) is 18.7. The number of urea groups is 1. The van der Waals surface area contributed by atoms with E-state index >= 15 is 0 Å². The summed E-state index contributed by atoms with van der Waals surface area (Å²) in [6.07, 6.45) is 4.04. The van der Waals surface area contributed by atoms with Gasteiger partial charge in [0.25, 0.3) is 5.91 Å². The lowest BCUT2D eigenvalue weighted by Crippen LogP contribution is -2.44. The molecule has 140 valence electrons. The average molecular weight is 378 g/mol. The first-order valence-corrected chi connectivity index (χ1v) is 9.49. The molecular weight excluding hydrogens is 354 g/mol. The minimum atomic E-state index is -0.683. The van der Waals surface area contributed by atoms with Crippen molar-refractivity contribution in [2.75, 3.05) is 6.54 Å². The molecule has 0 unspecified atom stereocenters. The lowest BCUT2D eigenvalue weighted by Gasteiger charge is -2.20. The van der Waals surface area contributed by atoms with Crippen molar-refractivity contribution in [3.05, 3.63) is 34.9 Å². The van der Waals surface area contributed by atoms with Crippen LogP contribution < -0.4 is 10.6 Å². The molecule has 1 aromatic rings. The molecule has 1 saturated carbocycles. The minimum absolute atomic E-state index is 0.125. The van der Waals surface area contributed by atoms with Crippen molar-refractivity contribution in [1.29, 1.82) is 0 Å². The van der Waals surface area contributed by atoms with Crippen LogP contribution in [0.2, 0.25) is 5.02 Å². The third kappa shape index (κ3) is 3.70. The van der Waals surface area contributed by atoms with E-state index in [0.717, 1.165) is 18.4 Å². The summed E-state index contributed by atoms with van der Waals surface area (Å²) in [5.41, 5.74) is 0.178. The monoisotopic (exact) mass is 377 g/mol. The zero-order valence-electron chi connectivity index (χ0n) is 14.9. The number of hydrogen-bond donors (Lipinski definition) is 2. The third-order valence-corrected chi connectivity index (χ3v) is 5.58. The van der Waals surface area contributed by atoms with Crippen LogP contribution in [0.5, 0.6) is 0 Å². The average Bonchev–Trinajstić information content (AvgIpc) is 3.15. The van der Waals surface area contributed by atoms with Gasteiger partial charge in [0.2, 0.25) is 5.91 Å². The number of carbonyl (C=O) groups is 3. The third-order valence-electron chi connectivity index (χ3n) is 5.24. The second-order valence-corrected chi connectivity index (χ2v) is 7.50. The van der Waals surface area contributed by atoms with Gasteiger partial charge in [-0.2, -0.15) is 0 Å². The van der Waals surface area contributed by atoms with Crippen molar-refractivity contribution in [1.82, 2.24) is 15.5 Å². The highest BCUT2D eigenvalue weighted by molar-refractivity contribution is 6.31. The van der Waals surface area contributed by atoms with Crippen LogP contribution in [-0.4, -0.2) is 34.8 Å². The number of nitrogens with one attached hydrogen (secondary N) is 2. The number of hydrogen-bond acceptors (Lipinski definition) is 3. The highest BCUT2D eigenvalue weighted by Crippen LogP contribution is 2.35. The summed E-state index contributed by atoms with van der Waals surface area (Å²) in [5.74, 6) is -0.259. The Kier molecular flexibility index (Phi) is 5.51. The van der Waals surface area contributed by atoms with Crippen molar-refractivity contribution in [2.45, 2.75) is 57.0 Å². The maximum Gasteiger partial charge on any atom is 0.325 e. The predicted octanol–water partition coefficient (Wildman–Crippen LogP) is 3.16. The molecule has 1 aromatic carbocycles. The van der Waals surface area contributed by atoms with Crippen LogP contribution in [0.25, 0.3) is 0 Å². The van der Waals surface area contributed by atoms with Gasteiger partial charge in [-0.3, -0.25) is 14.5 Å². The van der Waals surface area contributed by atoms with Gasteiger partial charge < -0.3 is 10.6 Å². The maximum atomic E-state index is 12.5. The molecule has 2 fully saturated rings. The molecule has 1 heterocycles. The molecule has 2 N–H and O–H groups in total. The second-order valence-electron chi connectivity index (χ2n) is 7.09. The molecule has 2 aliphatic rings. The Hall–Kier alpha value is -2.08. The van der Waals surface area contributed by atoms with Crippen LogP contribution >= 0.6 is 11.6 Å². The quantitative estimate of drug-likeness (QED) is 0.747. The van der Waals surface area contributed by atoms with E-state index in [-0.39, 0.29) is 36.9 Å². The second kappa shape index (κ2) is 7.66. The summed E-state index contributed by atoms with van der Waals surface area (Å²) < 4.78 is 0. The molecule has 1 aliphatic heterocycles. The molecule has 0 radical (unpaired) electrons. The fourth-order valence-electron chi connectivity index (χ4n) is 3.81. The van der Waals surface area contributed by atoms with Gasteiger partial charge in [-0.25, -0.2) is 4.79 Å². The molecule has 4 amide bonds. The van der Waals surface area contributed by atoms with Crippen molar-refractivity contribution >= 4 is 29.4 Å². The van der Waals surface area contributed by atoms with E-state index in [1.165, 1.54) is 4.90 Å². The van der Waals surface area contributed by atoms with E-state index in [1.807, 2.05) is 25.1 Å². The molecule has 7 heteroatoms. The maximum absolute atomic E-state index is 12.5. The Morgan fingerprint density at radius 2 is 2.00 bits per heavy atom. The number of nitrogens with zero attached hydrogens (tertiary/aromatic N) is 1. The summed E-state index contributed by atoms with van der Waals surface area (Å²) >= 11 is 6.14. The fraction of sp³-hybridized carbons (Fsp3) is 0.526. The van der Waals surface area contributed by atoms with Crippen molar-refractivity contribution < 1.29 is 14.4 Å². The minimum Gasteiger partial charge on any atom is -0.350 e. The molecule has 0 aromatic heterocycles. The van der Waals surface area contributed by atoms with Gasteiger partial charge in [0.15, 0.2) is 0 Å². The van der Waals surface area contributed by atoms with Gasteiger partial charge in [0.05, 0.1) is 6.04 Å². The topological polar surface area (TPSA) is 78.5 Å². The summed E-state index contributed by atoms with van der Waals surface area (Å²) in [4.78, 5) is 38.1. The lowest BCUT2D eigenvalue weighted by molar-refractivity contribution is -0.131. The summed E-state index contributed by atoms with van der Waals surface area (Å²) in [6.45, 7) is 2.14. The highest BCUT2D eigenvalue weighted by Gasteiger charge is 2.51. The zero-order chi connectivity index (χ0) is 18.7. The number of rotatable bonds is 6. The van der Waals surface area contributed by atoms with Crippen molar-refractivity contribution in [3.8, 4) is 0 Å². The van der Waals surface area contributed by atoms with Gasteiger partial charge in [0.1, 0.15) is 5.54 Å². The normalized spacial score (nSPS) is 19.7. The van der Waals surface area contributed by atoms with E-state index in [2.05, 4.69) is 10.6 Å². The molecule has 3 rings (SSSR count). The Balaban J connectivity index is 1.47. The van der Waals surface area contributed by atoms with Crippen LogP contribution in [0, 0.1) is 0 Å². The number of halogens is 1. The number of amides is 4. The standard InChI is InChI=1S/C19H24ClN3O3/c1-13(14-7-2-3-8-15(14)20)21-16(24)9-6-12-23-17(25)19(22-18(23)26)10-4-5-11-19/h2-3,7-8,13H,4-6,9-12H2,1H3,(H,21,24)(H,22,26)/t13-/m0/s1. The first-order valence-electron chi connectivity index (χ1n) is 9.11. The Labute approximate surface area is 158 Å². The van der Waals surface area contributed by atoms with Gasteiger partial charge in [-0.05, 0) is 37.8 Å². The molecule has 1 aliphatic carbocycles. The van der Waals surface area contributed by atoms with Crippen LogP contribution in [0.15, 0.2) is 24.3 Å². The number of carbonyl (C=O) groups excluding carboxylic acids is 3. The smallest absolute Gasteiger partial charge is 0.325 e. The Bertz CT molecular complexity index is 716. The molecule has 6 nitrogen and oxygen atoms in total. The first-order chi connectivity index (χ1) is 12.4. The molecule has 1 spiro atoms. The fourth-order valence-corrected chi connectivity index (χ4v) is 4.11.